The second kappa shape index (κ2) is 15.0. The number of Topliss-reactive ketones (excluding diaryl/α,β-unsaturated/α-hetero) is 2. The molecule has 0 spiro atoms. The summed E-state index contributed by atoms with van der Waals surface area (Å²) in [4.78, 5) is 36.0. The fourth-order valence-electron chi connectivity index (χ4n) is 3.72. The predicted molar refractivity (Wildman–Crippen MR) is 139 cm³/mol. The van der Waals surface area contributed by atoms with E-state index in [0.717, 1.165) is 44.1 Å². The minimum absolute atomic E-state index is 0.0289. The minimum atomic E-state index is -0.861. The van der Waals surface area contributed by atoms with Crippen LogP contribution >= 0.6 is 0 Å². The maximum Gasteiger partial charge on any atom is 0.330 e. The number of methoxy groups -OCH3 is 2. The van der Waals surface area contributed by atoms with Crippen molar-refractivity contribution >= 4 is 17.5 Å². The lowest BCUT2D eigenvalue weighted by atomic mass is 9.90. The fraction of sp³-hybridized carbons (Fsp3) is 0.483. The molecule has 0 aromatic rings. The van der Waals surface area contributed by atoms with E-state index in [4.69, 9.17) is 14.6 Å². The molecular formula is C29H40O6. The highest BCUT2D eigenvalue weighted by atomic mass is 16.5. The van der Waals surface area contributed by atoms with Gasteiger partial charge in [0.25, 0.3) is 0 Å². The number of ether oxygens (including phenoxy) is 2. The molecular weight excluding hydrogens is 444 g/mol. The van der Waals surface area contributed by atoms with Crippen LogP contribution in [0.25, 0.3) is 0 Å². The van der Waals surface area contributed by atoms with Crippen LogP contribution < -0.4 is 0 Å². The molecule has 0 unspecified atom stereocenters. The van der Waals surface area contributed by atoms with Gasteiger partial charge in [0.1, 0.15) is 0 Å². The molecule has 1 aliphatic rings. The number of hydrogen-bond acceptors (Lipinski definition) is 5. The van der Waals surface area contributed by atoms with Crippen molar-refractivity contribution in [2.24, 2.45) is 0 Å². The summed E-state index contributed by atoms with van der Waals surface area (Å²) < 4.78 is 10.2. The Morgan fingerprint density at radius 3 is 1.63 bits per heavy atom. The van der Waals surface area contributed by atoms with Gasteiger partial charge in [-0.3, -0.25) is 9.59 Å². The zero-order valence-electron chi connectivity index (χ0n) is 22.2. The lowest BCUT2D eigenvalue weighted by Crippen LogP contribution is -2.24. The molecule has 1 N–H and O–H groups in total. The number of ketones is 2. The number of aliphatic carboxylic acids is 1. The van der Waals surface area contributed by atoms with Gasteiger partial charge in [0.15, 0.2) is 0 Å². The summed E-state index contributed by atoms with van der Waals surface area (Å²) in [7, 11) is 2.73. The van der Waals surface area contributed by atoms with Gasteiger partial charge in [-0.05, 0) is 79.6 Å². The van der Waals surface area contributed by atoms with Crippen molar-refractivity contribution in [2.75, 3.05) is 14.2 Å². The molecule has 6 nitrogen and oxygen atoms in total. The van der Waals surface area contributed by atoms with E-state index < -0.39 is 5.97 Å². The molecule has 0 aromatic heterocycles. The Labute approximate surface area is 209 Å². The molecule has 192 valence electrons. The van der Waals surface area contributed by atoms with Crippen molar-refractivity contribution in [3.8, 4) is 0 Å². The standard InChI is InChI=1S/C29H40O6/c1-19(11-8-12-20(2)15-10-16-22(4)29(32)33)13-9-14-21(3)17-18-24-23(5)25(30)27(34-6)28(35-7)26(24)31/h12-13,16-17H,8-11,14-15,18H2,1-7H3,(H,32,33). The third-order valence-corrected chi connectivity index (χ3v) is 6.14. The number of carboxylic acids is 1. The molecule has 0 heterocycles. The first-order chi connectivity index (χ1) is 16.5. The Kier molecular flexibility index (Phi) is 12.8. The normalized spacial score (nSPS) is 16.3. The topological polar surface area (TPSA) is 89.9 Å². The molecule has 0 amide bonds. The molecule has 35 heavy (non-hydrogen) atoms. The highest BCUT2D eigenvalue weighted by Gasteiger charge is 2.34. The monoisotopic (exact) mass is 484 g/mol. The average molecular weight is 485 g/mol. The van der Waals surface area contributed by atoms with Crippen molar-refractivity contribution in [2.45, 2.75) is 79.6 Å². The predicted octanol–water partition coefficient (Wildman–Crippen LogP) is 6.56. The summed E-state index contributed by atoms with van der Waals surface area (Å²) in [6.45, 7) is 9.52. The van der Waals surface area contributed by atoms with E-state index >= 15 is 0 Å². The van der Waals surface area contributed by atoms with Crippen molar-refractivity contribution in [3.05, 3.63) is 69.3 Å². The van der Waals surface area contributed by atoms with Gasteiger partial charge >= 0.3 is 5.97 Å². The van der Waals surface area contributed by atoms with Gasteiger partial charge < -0.3 is 14.6 Å². The van der Waals surface area contributed by atoms with Crippen LogP contribution in [0.15, 0.2) is 69.3 Å². The summed E-state index contributed by atoms with van der Waals surface area (Å²) in [5, 5.41) is 8.88. The molecule has 0 atom stereocenters. The number of hydrogen-bond donors (Lipinski definition) is 1. The number of carbonyl (C=O) groups excluding carboxylic acids is 2. The molecule has 0 aromatic carbocycles. The second-order valence-corrected chi connectivity index (χ2v) is 8.99. The van der Waals surface area contributed by atoms with E-state index in [1.54, 1.807) is 19.9 Å². The highest BCUT2D eigenvalue weighted by molar-refractivity contribution is 6.23. The summed E-state index contributed by atoms with van der Waals surface area (Å²) >= 11 is 0. The summed E-state index contributed by atoms with van der Waals surface area (Å²) in [5.41, 5.74) is 5.02. The summed E-state index contributed by atoms with van der Waals surface area (Å²) in [6.07, 6.45) is 14.0. The fourth-order valence-corrected chi connectivity index (χ4v) is 3.72. The van der Waals surface area contributed by atoms with Crippen LogP contribution in [0.2, 0.25) is 0 Å². The van der Waals surface area contributed by atoms with Crippen molar-refractivity contribution in [1.29, 1.82) is 0 Å². The molecule has 0 saturated heterocycles. The van der Waals surface area contributed by atoms with Gasteiger partial charge in [0, 0.05) is 16.7 Å². The van der Waals surface area contributed by atoms with Crippen LogP contribution in [-0.2, 0) is 23.9 Å². The Morgan fingerprint density at radius 2 is 1.17 bits per heavy atom. The largest absolute Gasteiger partial charge is 0.489 e. The third-order valence-electron chi connectivity index (χ3n) is 6.14. The molecule has 1 rings (SSSR count). The quantitative estimate of drug-likeness (QED) is 0.171. The van der Waals surface area contributed by atoms with Crippen LogP contribution in [0, 0.1) is 0 Å². The first kappa shape index (κ1) is 29.9. The third kappa shape index (κ3) is 9.55. The Balaban J connectivity index is 2.54. The van der Waals surface area contributed by atoms with E-state index in [0.29, 0.717) is 23.1 Å². The Bertz CT molecular complexity index is 998. The van der Waals surface area contributed by atoms with Crippen LogP contribution in [0.3, 0.4) is 0 Å². The Morgan fingerprint density at radius 1 is 0.743 bits per heavy atom. The van der Waals surface area contributed by atoms with Crippen LogP contribution in [0.1, 0.15) is 79.6 Å². The lowest BCUT2D eigenvalue weighted by Gasteiger charge is -2.19. The second-order valence-electron chi connectivity index (χ2n) is 8.99. The molecule has 1 aliphatic carbocycles. The lowest BCUT2D eigenvalue weighted by molar-refractivity contribution is -0.132. The minimum Gasteiger partial charge on any atom is -0.489 e. The molecule has 6 heteroatoms. The summed E-state index contributed by atoms with van der Waals surface area (Å²) in [6, 6.07) is 0. The number of rotatable bonds is 14. The van der Waals surface area contributed by atoms with E-state index in [2.05, 4.69) is 26.0 Å². The van der Waals surface area contributed by atoms with Gasteiger partial charge in [0.05, 0.1) is 14.2 Å². The van der Waals surface area contributed by atoms with Crippen LogP contribution in [0.4, 0.5) is 0 Å². The van der Waals surface area contributed by atoms with Crippen LogP contribution in [0.5, 0.6) is 0 Å². The van der Waals surface area contributed by atoms with Crippen LogP contribution in [-0.4, -0.2) is 36.9 Å². The first-order valence-corrected chi connectivity index (χ1v) is 12.0. The Hall–Kier alpha value is -3.15. The SMILES string of the molecule is COC1=C(OC)C(=O)C(CC=C(C)CCC=C(C)CCC=C(C)CCC=C(C)C(=O)O)=C(C)C1=O. The molecule has 0 radical (unpaired) electrons. The average Bonchev–Trinajstić information content (AvgIpc) is 2.80. The molecule has 0 fully saturated rings. The zero-order chi connectivity index (χ0) is 26.5. The molecule has 0 aliphatic heterocycles. The zero-order valence-corrected chi connectivity index (χ0v) is 22.2. The van der Waals surface area contributed by atoms with Gasteiger partial charge in [-0.2, -0.15) is 0 Å². The number of carboxylic acid groups (broad SMARTS) is 1. The van der Waals surface area contributed by atoms with Gasteiger partial charge in [0.2, 0.25) is 23.1 Å². The van der Waals surface area contributed by atoms with E-state index in [9.17, 15) is 14.4 Å². The van der Waals surface area contributed by atoms with E-state index in [-0.39, 0.29) is 23.1 Å². The number of carbonyl (C=O) groups is 3. The van der Waals surface area contributed by atoms with Gasteiger partial charge in [-0.15, -0.1) is 0 Å². The van der Waals surface area contributed by atoms with Gasteiger partial charge in [-0.25, -0.2) is 4.79 Å². The van der Waals surface area contributed by atoms with Crippen molar-refractivity contribution < 1.29 is 29.0 Å². The van der Waals surface area contributed by atoms with E-state index in [1.165, 1.54) is 25.4 Å². The maximum atomic E-state index is 12.7. The maximum absolute atomic E-state index is 12.7. The highest BCUT2D eigenvalue weighted by Crippen LogP contribution is 2.28. The van der Waals surface area contributed by atoms with Crippen molar-refractivity contribution in [1.82, 2.24) is 0 Å². The molecule has 0 saturated carbocycles. The number of allylic oxidation sites excluding steroid dienone is 9. The first-order valence-electron chi connectivity index (χ1n) is 12.0. The smallest absolute Gasteiger partial charge is 0.330 e. The van der Waals surface area contributed by atoms with E-state index in [1.807, 2.05) is 13.0 Å². The summed E-state index contributed by atoms with van der Waals surface area (Å²) in [5.74, 6) is -1.52. The van der Waals surface area contributed by atoms with Crippen molar-refractivity contribution in [3.63, 3.8) is 0 Å². The van der Waals surface area contributed by atoms with Gasteiger partial charge in [-0.1, -0.05) is 41.0 Å². The molecule has 0 bridgehead atoms.